The van der Waals surface area contributed by atoms with Gasteiger partial charge in [0.1, 0.15) is 5.82 Å². The number of carbonyl (C=O) groups is 1. The summed E-state index contributed by atoms with van der Waals surface area (Å²) in [7, 11) is 0. The van der Waals surface area contributed by atoms with Crippen LogP contribution in [0, 0.1) is 11.7 Å². The highest BCUT2D eigenvalue weighted by molar-refractivity contribution is 5.89. The Labute approximate surface area is 141 Å². The van der Waals surface area contributed by atoms with Gasteiger partial charge in [0.2, 0.25) is 0 Å². The maximum absolute atomic E-state index is 13.4. The number of carboxylic acid groups (broad SMARTS) is 1. The lowest BCUT2D eigenvalue weighted by molar-refractivity contribution is -0.0291. The summed E-state index contributed by atoms with van der Waals surface area (Å²) in [6, 6.07) is 4.29. The topological polar surface area (TPSA) is 59.0 Å². The molecule has 0 aliphatic carbocycles. The standard InChI is InChI=1S/C18H24FNO4/c19-15-2-1-14(17(10-15)18(21)22)11-20-5-8-24-12-16(20)9-13-3-6-23-7-4-13/h1-2,10,13,16H,3-9,11-12H2,(H,21,22). The number of hydrogen-bond donors (Lipinski definition) is 1. The van der Waals surface area contributed by atoms with E-state index in [0.717, 1.165) is 45.1 Å². The zero-order valence-electron chi connectivity index (χ0n) is 13.7. The molecule has 2 aliphatic heterocycles. The van der Waals surface area contributed by atoms with Crippen LogP contribution in [0.5, 0.6) is 0 Å². The first-order chi connectivity index (χ1) is 11.6. The molecular weight excluding hydrogens is 313 g/mol. The number of aromatic carboxylic acids is 1. The second-order valence-corrected chi connectivity index (χ2v) is 6.60. The molecule has 1 unspecified atom stereocenters. The molecule has 0 radical (unpaired) electrons. The summed E-state index contributed by atoms with van der Waals surface area (Å²) in [5.41, 5.74) is 0.703. The molecule has 132 valence electrons. The third kappa shape index (κ3) is 4.32. The Bertz CT molecular complexity index is 574. The van der Waals surface area contributed by atoms with Gasteiger partial charge in [0.25, 0.3) is 0 Å². The molecule has 6 heteroatoms. The zero-order valence-corrected chi connectivity index (χ0v) is 13.7. The van der Waals surface area contributed by atoms with E-state index in [1.54, 1.807) is 6.07 Å². The minimum atomic E-state index is -1.08. The largest absolute Gasteiger partial charge is 0.478 e. The predicted molar refractivity (Wildman–Crippen MR) is 86.5 cm³/mol. The predicted octanol–water partition coefficient (Wildman–Crippen LogP) is 2.54. The van der Waals surface area contributed by atoms with Gasteiger partial charge in [-0.25, -0.2) is 9.18 Å². The lowest BCUT2D eigenvalue weighted by Gasteiger charge is -2.38. The Morgan fingerprint density at radius 1 is 1.25 bits per heavy atom. The van der Waals surface area contributed by atoms with Gasteiger partial charge in [-0.05, 0) is 42.9 Å². The van der Waals surface area contributed by atoms with E-state index in [0.29, 0.717) is 31.2 Å². The van der Waals surface area contributed by atoms with Crippen LogP contribution in [0.25, 0.3) is 0 Å². The molecule has 0 saturated carbocycles. The van der Waals surface area contributed by atoms with Gasteiger partial charge >= 0.3 is 5.97 Å². The van der Waals surface area contributed by atoms with Gasteiger partial charge in [0.15, 0.2) is 0 Å². The molecule has 2 heterocycles. The molecule has 2 aliphatic rings. The molecule has 0 spiro atoms. The van der Waals surface area contributed by atoms with E-state index in [9.17, 15) is 14.3 Å². The van der Waals surface area contributed by atoms with Gasteiger partial charge in [0.05, 0.1) is 18.8 Å². The number of benzene rings is 1. The van der Waals surface area contributed by atoms with Crippen LogP contribution >= 0.6 is 0 Å². The fraction of sp³-hybridized carbons (Fsp3) is 0.611. The monoisotopic (exact) mass is 337 g/mol. The van der Waals surface area contributed by atoms with Crippen LogP contribution in [-0.2, 0) is 16.0 Å². The van der Waals surface area contributed by atoms with Crippen LogP contribution in [0.1, 0.15) is 35.2 Å². The number of hydrogen-bond acceptors (Lipinski definition) is 4. The van der Waals surface area contributed by atoms with Crippen LogP contribution < -0.4 is 0 Å². The van der Waals surface area contributed by atoms with Crippen molar-refractivity contribution in [3.63, 3.8) is 0 Å². The fourth-order valence-electron chi connectivity index (χ4n) is 3.59. The Kier molecular flexibility index (Phi) is 5.81. The molecular formula is C18H24FNO4. The van der Waals surface area contributed by atoms with Crippen molar-refractivity contribution in [3.05, 3.63) is 35.1 Å². The summed E-state index contributed by atoms with van der Waals surface area (Å²) in [4.78, 5) is 13.7. The van der Waals surface area contributed by atoms with Crippen molar-refractivity contribution in [2.24, 2.45) is 5.92 Å². The van der Waals surface area contributed by atoms with E-state index in [-0.39, 0.29) is 11.6 Å². The van der Waals surface area contributed by atoms with Gasteiger partial charge in [-0.3, -0.25) is 4.90 Å². The number of rotatable bonds is 5. The van der Waals surface area contributed by atoms with Gasteiger partial charge in [-0.1, -0.05) is 6.07 Å². The molecule has 1 aromatic carbocycles. The summed E-state index contributed by atoms with van der Waals surface area (Å²) in [6.07, 6.45) is 3.18. The molecule has 1 aromatic rings. The maximum atomic E-state index is 13.4. The number of morpholine rings is 1. The second kappa shape index (κ2) is 8.05. The SMILES string of the molecule is O=C(O)c1cc(F)ccc1CN1CCOCC1CC1CCOCC1. The maximum Gasteiger partial charge on any atom is 0.336 e. The third-order valence-electron chi connectivity index (χ3n) is 4.97. The summed E-state index contributed by atoms with van der Waals surface area (Å²) in [5, 5.41) is 9.32. The molecule has 5 nitrogen and oxygen atoms in total. The average molecular weight is 337 g/mol. The second-order valence-electron chi connectivity index (χ2n) is 6.60. The minimum absolute atomic E-state index is 0.0475. The van der Waals surface area contributed by atoms with Crippen molar-refractivity contribution in [1.29, 1.82) is 0 Å². The third-order valence-corrected chi connectivity index (χ3v) is 4.97. The lowest BCUT2D eigenvalue weighted by Crippen LogP contribution is -2.46. The minimum Gasteiger partial charge on any atom is -0.478 e. The van der Waals surface area contributed by atoms with Crippen molar-refractivity contribution in [3.8, 4) is 0 Å². The molecule has 2 saturated heterocycles. The first-order valence-corrected chi connectivity index (χ1v) is 8.54. The van der Waals surface area contributed by atoms with Crippen molar-refractivity contribution in [1.82, 2.24) is 4.90 Å². The molecule has 0 aromatic heterocycles. The molecule has 2 fully saturated rings. The lowest BCUT2D eigenvalue weighted by atomic mass is 9.91. The fourth-order valence-corrected chi connectivity index (χ4v) is 3.59. The van der Waals surface area contributed by atoms with Crippen LogP contribution in [-0.4, -0.2) is 55.0 Å². The zero-order chi connectivity index (χ0) is 16.9. The van der Waals surface area contributed by atoms with E-state index < -0.39 is 11.8 Å². The van der Waals surface area contributed by atoms with Crippen molar-refractivity contribution in [2.45, 2.75) is 31.8 Å². The molecule has 1 N–H and O–H groups in total. The van der Waals surface area contributed by atoms with Crippen molar-refractivity contribution < 1.29 is 23.8 Å². The van der Waals surface area contributed by atoms with Crippen LogP contribution in [0.15, 0.2) is 18.2 Å². The number of nitrogens with zero attached hydrogens (tertiary/aromatic N) is 1. The van der Waals surface area contributed by atoms with Gasteiger partial charge in [0, 0.05) is 32.3 Å². The Hall–Kier alpha value is -1.50. The van der Waals surface area contributed by atoms with E-state index in [2.05, 4.69) is 4.90 Å². The van der Waals surface area contributed by atoms with E-state index >= 15 is 0 Å². The highest BCUT2D eigenvalue weighted by Crippen LogP contribution is 2.26. The van der Waals surface area contributed by atoms with E-state index in [1.807, 2.05) is 0 Å². The van der Waals surface area contributed by atoms with E-state index in [1.165, 1.54) is 6.07 Å². The molecule has 0 amide bonds. The van der Waals surface area contributed by atoms with Crippen LogP contribution in [0.2, 0.25) is 0 Å². The van der Waals surface area contributed by atoms with Crippen LogP contribution in [0.4, 0.5) is 4.39 Å². The smallest absolute Gasteiger partial charge is 0.336 e. The van der Waals surface area contributed by atoms with Crippen LogP contribution in [0.3, 0.4) is 0 Å². The summed E-state index contributed by atoms with van der Waals surface area (Å²) < 4.78 is 24.4. The summed E-state index contributed by atoms with van der Waals surface area (Å²) in [6.45, 7) is 4.23. The van der Waals surface area contributed by atoms with Crippen molar-refractivity contribution >= 4 is 5.97 Å². The molecule has 24 heavy (non-hydrogen) atoms. The highest BCUT2D eigenvalue weighted by Gasteiger charge is 2.28. The molecule has 0 bridgehead atoms. The highest BCUT2D eigenvalue weighted by atomic mass is 19.1. The Morgan fingerprint density at radius 2 is 2.04 bits per heavy atom. The summed E-state index contributed by atoms with van der Waals surface area (Å²) in [5.74, 6) is -0.976. The average Bonchev–Trinajstić information content (AvgIpc) is 2.59. The normalized spacial score (nSPS) is 23.3. The molecule has 1 atom stereocenters. The molecule has 3 rings (SSSR count). The van der Waals surface area contributed by atoms with Gasteiger partial charge in [-0.15, -0.1) is 0 Å². The van der Waals surface area contributed by atoms with Gasteiger partial charge in [-0.2, -0.15) is 0 Å². The van der Waals surface area contributed by atoms with Crippen molar-refractivity contribution in [2.75, 3.05) is 33.0 Å². The number of carboxylic acids is 1. The Morgan fingerprint density at radius 3 is 2.79 bits per heavy atom. The number of halogens is 1. The summed E-state index contributed by atoms with van der Waals surface area (Å²) >= 11 is 0. The van der Waals surface area contributed by atoms with Gasteiger partial charge < -0.3 is 14.6 Å². The number of ether oxygens (including phenoxy) is 2. The first-order valence-electron chi connectivity index (χ1n) is 8.54. The quantitative estimate of drug-likeness (QED) is 0.895. The Balaban J connectivity index is 1.70. The first kappa shape index (κ1) is 17.3. The van der Waals surface area contributed by atoms with E-state index in [4.69, 9.17) is 9.47 Å².